The van der Waals surface area contributed by atoms with E-state index in [-0.39, 0.29) is 17.5 Å². The number of halogens is 3. The number of hydrogen-bond acceptors (Lipinski definition) is 2. The first-order valence-corrected chi connectivity index (χ1v) is 6.73. The maximum absolute atomic E-state index is 14.1. The van der Waals surface area contributed by atoms with Gasteiger partial charge in [-0.3, -0.25) is 0 Å². The average Bonchev–Trinajstić information content (AvgIpc) is 2.80. The van der Waals surface area contributed by atoms with Crippen LogP contribution in [0.4, 0.5) is 14.7 Å². The number of aromatic nitrogens is 2. The molecular weight excluding hydrogens is 296 g/mol. The predicted octanol–water partition coefficient (Wildman–Crippen LogP) is 4.16. The van der Waals surface area contributed by atoms with Crippen molar-refractivity contribution in [2.24, 2.45) is 0 Å². The highest BCUT2D eigenvalue weighted by Gasteiger charge is 2.20. The van der Waals surface area contributed by atoms with E-state index >= 15 is 0 Å². The van der Waals surface area contributed by atoms with Crippen LogP contribution in [0.15, 0.2) is 36.4 Å². The molecule has 0 bridgehead atoms. The van der Waals surface area contributed by atoms with E-state index in [0.717, 1.165) is 11.6 Å². The van der Waals surface area contributed by atoms with Crippen LogP contribution >= 0.6 is 11.6 Å². The van der Waals surface area contributed by atoms with E-state index in [2.05, 4.69) is 4.98 Å². The molecule has 0 spiro atoms. The molecule has 3 aromatic rings. The fraction of sp³-hybridized carbons (Fsp3) is 0.133. The van der Waals surface area contributed by atoms with E-state index in [4.69, 9.17) is 17.3 Å². The van der Waals surface area contributed by atoms with Crippen molar-refractivity contribution in [3.63, 3.8) is 0 Å². The third-order valence-corrected chi connectivity index (χ3v) is 3.76. The van der Waals surface area contributed by atoms with Gasteiger partial charge in [-0.1, -0.05) is 23.7 Å². The van der Waals surface area contributed by atoms with Gasteiger partial charge in [-0.05, 0) is 36.8 Å². The highest BCUT2D eigenvalue weighted by molar-refractivity contribution is 6.30. The Bertz CT molecular complexity index is 812. The topological polar surface area (TPSA) is 43.8 Å². The zero-order valence-corrected chi connectivity index (χ0v) is 11.9. The second-order valence-electron chi connectivity index (χ2n) is 4.80. The van der Waals surface area contributed by atoms with Crippen molar-refractivity contribution in [2.75, 3.05) is 5.73 Å². The van der Waals surface area contributed by atoms with Crippen LogP contribution in [0.1, 0.15) is 18.5 Å². The minimum Gasteiger partial charge on any atom is -0.369 e. The summed E-state index contributed by atoms with van der Waals surface area (Å²) in [5, 5.41) is 0.603. The van der Waals surface area contributed by atoms with Gasteiger partial charge < -0.3 is 10.3 Å². The van der Waals surface area contributed by atoms with E-state index in [1.807, 2.05) is 19.1 Å². The first-order valence-electron chi connectivity index (χ1n) is 6.36. The van der Waals surface area contributed by atoms with Crippen molar-refractivity contribution in [1.29, 1.82) is 0 Å². The fourth-order valence-corrected chi connectivity index (χ4v) is 2.55. The van der Waals surface area contributed by atoms with Crippen molar-refractivity contribution in [3.8, 4) is 0 Å². The number of nitrogens with zero attached hydrogens (tertiary/aromatic N) is 2. The molecule has 3 rings (SSSR count). The molecule has 3 nitrogen and oxygen atoms in total. The second-order valence-corrected chi connectivity index (χ2v) is 5.23. The number of anilines is 1. The molecule has 1 heterocycles. The quantitative estimate of drug-likeness (QED) is 0.772. The lowest BCUT2D eigenvalue weighted by atomic mass is 10.1. The van der Waals surface area contributed by atoms with E-state index in [0.29, 0.717) is 10.5 Å². The summed E-state index contributed by atoms with van der Waals surface area (Å²) in [6.45, 7) is 1.84. The third-order valence-electron chi connectivity index (χ3n) is 3.51. The summed E-state index contributed by atoms with van der Waals surface area (Å²) in [6, 6.07) is 9.25. The van der Waals surface area contributed by atoms with Gasteiger partial charge in [0.25, 0.3) is 0 Å². The molecule has 0 aliphatic heterocycles. The predicted molar refractivity (Wildman–Crippen MR) is 79.3 cm³/mol. The molecule has 0 aliphatic carbocycles. The van der Waals surface area contributed by atoms with Crippen molar-refractivity contribution in [1.82, 2.24) is 9.55 Å². The van der Waals surface area contributed by atoms with E-state index in [1.54, 1.807) is 12.1 Å². The van der Waals surface area contributed by atoms with Crippen LogP contribution in [-0.4, -0.2) is 9.55 Å². The average molecular weight is 308 g/mol. The van der Waals surface area contributed by atoms with Crippen LogP contribution in [-0.2, 0) is 0 Å². The zero-order chi connectivity index (χ0) is 15.1. The lowest BCUT2D eigenvalue weighted by molar-refractivity contribution is 0.509. The van der Waals surface area contributed by atoms with Crippen LogP contribution in [0.3, 0.4) is 0 Å². The van der Waals surface area contributed by atoms with E-state index < -0.39 is 11.6 Å². The van der Waals surface area contributed by atoms with Gasteiger partial charge in [-0.25, -0.2) is 13.8 Å². The molecule has 0 amide bonds. The van der Waals surface area contributed by atoms with Crippen LogP contribution in [0.5, 0.6) is 0 Å². The summed E-state index contributed by atoms with van der Waals surface area (Å²) in [5.74, 6) is -1.73. The smallest absolute Gasteiger partial charge is 0.201 e. The molecule has 108 valence electrons. The maximum atomic E-state index is 14.1. The molecule has 1 aromatic heterocycles. The molecule has 21 heavy (non-hydrogen) atoms. The summed E-state index contributed by atoms with van der Waals surface area (Å²) in [7, 11) is 0. The largest absolute Gasteiger partial charge is 0.369 e. The number of benzene rings is 2. The molecule has 1 unspecified atom stereocenters. The first kappa shape index (κ1) is 13.8. The number of imidazole rings is 1. The minimum absolute atomic E-state index is 0.0648. The summed E-state index contributed by atoms with van der Waals surface area (Å²) < 4.78 is 29.1. The number of nitrogens with two attached hydrogens (primary N) is 1. The van der Waals surface area contributed by atoms with Gasteiger partial charge in [0, 0.05) is 5.02 Å². The number of hydrogen-bond donors (Lipinski definition) is 1. The summed E-state index contributed by atoms with van der Waals surface area (Å²) in [5.41, 5.74) is 7.14. The van der Waals surface area contributed by atoms with Crippen molar-refractivity contribution < 1.29 is 8.78 Å². The molecule has 2 N–H and O–H groups in total. The molecule has 0 saturated carbocycles. The second kappa shape index (κ2) is 5.00. The Labute approximate surface area is 125 Å². The Hall–Kier alpha value is -2.14. The van der Waals surface area contributed by atoms with Crippen molar-refractivity contribution in [2.45, 2.75) is 13.0 Å². The van der Waals surface area contributed by atoms with Gasteiger partial charge >= 0.3 is 0 Å². The standard InChI is InChI=1S/C15H12ClF2N3/c1-8(9-2-4-10(16)5-3-9)21-14-12(20-15(21)19)7-6-11(17)13(14)18/h2-8H,1H3,(H2,19,20). The van der Waals surface area contributed by atoms with Crippen LogP contribution in [0.2, 0.25) is 5.02 Å². The monoisotopic (exact) mass is 307 g/mol. The molecule has 2 aromatic carbocycles. The van der Waals surface area contributed by atoms with Crippen LogP contribution in [0.25, 0.3) is 11.0 Å². The third kappa shape index (κ3) is 2.23. The molecular formula is C15H12ClF2N3. The zero-order valence-electron chi connectivity index (χ0n) is 11.1. The Morgan fingerprint density at radius 2 is 1.81 bits per heavy atom. The van der Waals surface area contributed by atoms with Gasteiger partial charge in [-0.2, -0.15) is 0 Å². The van der Waals surface area contributed by atoms with Crippen LogP contribution in [0, 0.1) is 11.6 Å². The van der Waals surface area contributed by atoms with E-state index in [1.165, 1.54) is 10.6 Å². The van der Waals surface area contributed by atoms with Gasteiger partial charge in [0.05, 0.1) is 11.6 Å². The lowest BCUT2D eigenvalue weighted by Crippen LogP contribution is -2.11. The normalized spacial score (nSPS) is 12.8. The van der Waals surface area contributed by atoms with Crippen LogP contribution < -0.4 is 5.73 Å². The van der Waals surface area contributed by atoms with Crippen molar-refractivity contribution >= 4 is 28.6 Å². The fourth-order valence-electron chi connectivity index (χ4n) is 2.42. The highest BCUT2D eigenvalue weighted by atomic mass is 35.5. The highest BCUT2D eigenvalue weighted by Crippen LogP contribution is 2.30. The molecule has 1 atom stereocenters. The van der Waals surface area contributed by atoms with Gasteiger partial charge in [0.1, 0.15) is 5.52 Å². The first-order chi connectivity index (χ1) is 9.99. The lowest BCUT2D eigenvalue weighted by Gasteiger charge is -2.17. The van der Waals surface area contributed by atoms with Gasteiger partial charge in [0.2, 0.25) is 5.95 Å². The molecule has 0 fully saturated rings. The Balaban J connectivity index is 2.21. The van der Waals surface area contributed by atoms with E-state index in [9.17, 15) is 8.78 Å². The molecule has 0 radical (unpaired) electrons. The van der Waals surface area contributed by atoms with Gasteiger partial charge in [-0.15, -0.1) is 0 Å². The molecule has 6 heteroatoms. The number of fused-ring (bicyclic) bond motifs is 1. The van der Waals surface area contributed by atoms with Gasteiger partial charge in [0.15, 0.2) is 11.6 Å². The summed E-state index contributed by atoms with van der Waals surface area (Å²) in [4.78, 5) is 4.09. The Morgan fingerprint density at radius 1 is 1.14 bits per heavy atom. The number of rotatable bonds is 2. The Kier molecular flexibility index (Phi) is 3.29. The number of nitrogen functional groups attached to an aromatic ring is 1. The van der Waals surface area contributed by atoms with Crippen molar-refractivity contribution in [3.05, 3.63) is 58.6 Å². The summed E-state index contributed by atoms with van der Waals surface area (Å²) in [6.07, 6.45) is 0. The summed E-state index contributed by atoms with van der Waals surface area (Å²) >= 11 is 5.86. The Morgan fingerprint density at radius 3 is 2.48 bits per heavy atom. The maximum Gasteiger partial charge on any atom is 0.201 e. The molecule has 0 aliphatic rings. The molecule has 0 saturated heterocycles. The SMILES string of the molecule is CC(c1ccc(Cl)cc1)n1c(N)nc2ccc(F)c(F)c21. The minimum atomic E-state index is -0.947.